The van der Waals surface area contributed by atoms with Gasteiger partial charge in [-0.25, -0.2) is 13.1 Å². The van der Waals surface area contributed by atoms with Crippen LogP contribution in [0.2, 0.25) is 0 Å². The Balaban J connectivity index is 2.21. The number of hydrogen-bond acceptors (Lipinski definition) is 4. The molecule has 1 N–H and O–H groups in total. The minimum atomic E-state index is -3.49. The van der Waals surface area contributed by atoms with Crippen molar-refractivity contribution >= 4 is 16.0 Å². The van der Waals surface area contributed by atoms with E-state index >= 15 is 0 Å². The van der Waals surface area contributed by atoms with Crippen molar-refractivity contribution in [3.8, 4) is 0 Å². The van der Waals surface area contributed by atoms with Gasteiger partial charge >= 0.3 is 5.97 Å². The highest BCUT2D eigenvalue weighted by atomic mass is 32.2. The molecule has 0 amide bonds. The van der Waals surface area contributed by atoms with Crippen molar-refractivity contribution in [2.75, 3.05) is 0 Å². The van der Waals surface area contributed by atoms with Crippen molar-refractivity contribution < 1.29 is 17.9 Å². The third-order valence-electron chi connectivity index (χ3n) is 2.62. The summed E-state index contributed by atoms with van der Waals surface area (Å²) in [5.41, 5.74) is 0.623. The zero-order valence-electron chi connectivity index (χ0n) is 10.2. The second-order valence-corrected chi connectivity index (χ2v) is 6.14. The zero-order valence-corrected chi connectivity index (χ0v) is 11.0. The number of esters is 1. The Bertz CT molecular complexity index is 565. The third-order valence-corrected chi connectivity index (χ3v) is 4.16. The van der Waals surface area contributed by atoms with E-state index in [4.69, 9.17) is 4.74 Å². The molecule has 1 atom stereocenters. The van der Waals surface area contributed by atoms with Gasteiger partial charge < -0.3 is 4.74 Å². The molecule has 1 aromatic rings. The van der Waals surface area contributed by atoms with Crippen molar-refractivity contribution in [1.29, 1.82) is 0 Å². The third kappa shape index (κ3) is 2.54. The summed E-state index contributed by atoms with van der Waals surface area (Å²) in [6.45, 7) is 3.51. The summed E-state index contributed by atoms with van der Waals surface area (Å²) in [7, 11) is -3.49. The highest BCUT2D eigenvalue weighted by molar-refractivity contribution is 7.89. The van der Waals surface area contributed by atoms with Crippen LogP contribution in [0.3, 0.4) is 0 Å². The number of nitrogens with one attached hydrogen (secondary N) is 1. The minimum Gasteiger partial charge on any atom is -0.463 e. The van der Waals surface area contributed by atoms with E-state index in [-0.39, 0.29) is 17.4 Å². The van der Waals surface area contributed by atoms with Crippen LogP contribution < -0.4 is 4.72 Å². The second-order valence-electron chi connectivity index (χ2n) is 4.45. The molecule has 0 aliphatic carbocycles. The maximum atomic E-state index is 11.8. The van der Waals surface area contributed by atoms with E-state index in [1.54, 1.807) is 32.0 Å². The molecule has 0 saturated carbocycles. The molecule has 2 rings (SSSR count). The number of sulfonamides is 1. The normalized spacial score (nSPS) is 20.7. The Hall–Kier alpha value is -1.40. The Morgan fingerprint density at radius 1 is 1.39 bits per heavy atom. The van der Waals surface area contributed by atoms with E-state index in [1.807, 2.05) is 0 Å². The van der Waals surface area contributed by atoms with Gasteiger partial charge in [-0.15, -0.1) is 0 Å². The van der Waals surface area contributed by atoms with Gasteiger partial charge in [0.05, 0.1) is 23.5 Å². The molecular formula is C12H15NO4S. The molecule has 0 bridgehead atoms. The lowest BCUT2D eigenvalue weighted by molar-refractivity contribution is -0.147. The molecule has 1 aromatic carbocycles. The number of benzene rings is 1. The van der Waals surface area contributed by atoms with Gasteiger partial charge in [-0.1, -0.05) is 18.2 Å². The zero-order chi connectivity index (χ0) is 13.3. The van der Waals surface area contributed by atoms with E-state index in [9.17, 15) is 13.2 Å². The van der Waals surface area contributed by atoms with Gasteiger partial charge in [-0.3, -0.25) is 4.79 Å². The molecule has 18 heavy (non-hydrogen) atoms. The maximum absolute atomic E-state index is 11.8. The maximum Gasteiger partial charge on any atom is 0.308 e. The van der Waals surface area contributed by atoms with E-state index in [0.717, 1.165) is 0 Å². The van der Waals surface area contributed by atoms with Crippen LogP contribution in [0.5, 0.6) is 0 Å². The van der Waals surface area contributed by atoms with Gasteiger partial charge in [0, 0.05) is 0 Å². The summed E-state index contributed by atoms with van der Waals surface area (Å²) in [5.74, 6) is -0.408. The van der Waals surface area contributed by atoms with Gasteiger partial charge in [0.25, 0.3) is 0 Å². The summed E-state index contributed by atoms with van der Waals surface area (Å²) in [6, 6.07) is 6.12. The second kappa shape index (κ2) is 4.70. The minimum absolute atomic E-state index is 0.00836. The first kappa shape index (κ1) is 13.0. The van der Waals surface area contributed by atoms with Crippen molar-refractivity contribution in [2.24, 2.45) is 0 Å². The number of ether oxygens (including phenoxy) is 1. The van der Waals surface area contributed by atoms with Crippen LogP contribution in [-0.2, 0) is 19.6 Å². The molecule has 1 heterocycles. The van der Waals surface area contributed by atoms with Crippen molar-refractivity contribution in [3.63, 3.8) is 0 Å². The quantitative estimate of drug-likeness (QED) is 0.841. The molecule has 98 valence electrons. The van der Waals surface area contributed by atoms with E-state index < -0.39 is 22.0 Å². The van der Waals surface area contributed by atoms with Crippen LogP contribution >= 0.6 is 0 Å². The first-order valence-corrected chi connectivity index (χ1v) is 7.19. The van der Waals surface area contributed by atoms with Crippen LogP contribution in [0, 0.1) is 0 Å². The molecule has 1 unspecified atom stereocenters. The molecule has 5 nitrogen and oxygen atoms in total. The average molecular weight is 269 g/mol. The van der Waals surface area contributed by atoms with Gasteiger partial charge in [0.15, 0.2) is 0 Å². The molecular weight excluding hydrogens is 254 g/mol. The summed E-state index contributed by atoms with van der Waals surface area (Å²) >= 11 is 0. The Kier molecular flexibility index (Phi) is 3.41. The number of carbonyl (C=O) groups is 1. The van der Waals surface area contributed by atoms with E-state index in [2.05, 4.69) is 4.72 Å². The number of carbonyl (C=O) groups excluding carboxylic acids is 1. The molecule has 0 aromatic heterocycles. The van der Waals surface area contributed by atoms with Crippen LogP contribution in [0.25, 0.3) is 0 Å². The van der Waals surface area contributed by atoms with Gasteiger partial charge in [-0.2, -0.15) is 0 Å². The van der Waals surface area contributed by atoms with Crippen molar-refractivity contribution in [1.82, 2.24) is 4.72 Å². The largest absolute Gasteiger partial charge is 0.463 e. The van der Waals surface area contributed by atoms with Gasteiger partial charge in [-0.05, 0) is 25.5 Å². The highest BCUT2D eigenvalue weighted by Gasteiger charge is 2.35. The summed E-state index contributed by atoms with van der Waals surface area (Å²) in [6.07, 6.45) is -0.195. The molecule has 0 radical (unpaired) electrons. The van der Waals surface area contributed by atoms with E-state index in [1.165, 1.54) is 6.07 Å². The van der Waals surface area contributed by atoms with E-state index in [0.29, 0.717) is 5.56 Å². The first-order valence-electron chi connectivity index (χ1n) is 5.71. The van der Waals surface area contributed by atoms with Crippen molar-refractivity contribution in [2.45, 2.75) is 37.3 Å². The van der Waals surface area contributed by atoms with Crippen LogP contribution in [0.4, 0.5) is 0 Å². The molecule has 0 fully saturated rings. The Morgan fingerprint density at radius 3 is 2.72 bits per heavy atom. The number of rotatable bonds is 3. The predicted octanol–water partition coefficient (Wildman–Crippen LogP) is 1.36. The monoisotopic (exact) mass is 269 g/mol. The average Bonchev–Trinajstić information content (AvgIpc) is 2.50. The molecule has 6 heteroatoms. The molecule has 0 spiro atoms. The highest BCUT2D eigenvalue weighted by Crippen LogP contribution is 2.32. The fraction of sp³-hybridized carbons (Fsp3) is 0.417. The van der Waals surface area contributed by atoms with Crippen LogP contribution in [0.15, 0.2) is 29.2 Å². The first-order chi connectivity index (χ1) is 8.40. The lowest BCUT2D eigenvalue weighted by atomic mass is 10.1. The SMILES string of the molecule is CC(C)OC(=O)CC1NS(=O)(=O)c2ccccc21. The van der Waals surface area contributed by atoms with Crippen molar-refractivity contribution in [3.05, 3.63) is 29.8 Å². The smallest absolute Gasteiger partial charge is 0.308 e. The van der Waals surface area contributed by atoms with Crippen LogP contribution in [-0.4, -0.2) is 20.5 Å². The number of hydrogen-bond donors (Lipinski definition) is 1. The molecule has 0 saturated heterocycles. The standard InChI is InChI=1S/C12H15NO4S/c1-8(2)17-12(14)7-10-9-5-3-4-6-11(9)18(15,16)13-10/h3-6,8,10,13H,7H2,1-2H3. The van der Waals surface area contributed by atoms with Gasteiger partial charge in [0.2, 0.25) is 10.0 Å². The van der Waals surface area contributed by atoms with Gasteiger partial charge in [0.1, 0.15) is 0 Å². The summed E-state index contributed by atoms with van der Waals surface area (Å²) in [5, 5.41) is 0. The molecule has 1 aliphatic heterocycles. The predicted molar refractivity (Wildman–Crippen MR) is 65.3 cm³/mol. The fourth-order valence-electron chi connectivity index (χ4n) is 1.96. The molecule has 1 aliphatic rings. The fourth-order valence-corrected chi connectivity index (χ4v) is 3.45. The lowest BCUT2D eigenvalue weighted by Crippen LogP contribution is -2.23. The Morgan fingerprint density at radius 2 is 2.06 bits per heavy atom. The van der Waals surface area contributed by atoms with Crippen LogP contribution in [0.1, 0.15) is 31.9 Å². The number of fused-ring (bicyclic) bond motifs is 1. The topological polar surface area (TPSA) is 72.5 Å². The Labute approximate surface area is 106 Å². The summed E-state index contributed by atoms with van der Waals surface area (Å²) in [4.78, 5) is 11.8. The lowest BCUT2D eigenvalue weighted by Gasteiger charge is -2.12. The summed E-state index contributed by atoms with van der Waals surface area (Å²) < 4.78 is 31.1.